The molecule has 0 radical (unpaired) electrons. The average Bonchev–Trinajstić information content (AvgIpc) is 2.73. The summed E-state index contributed by atoms with van der Waals surface area (Å²) in [6.45, 7) is 3.00. The fraction of sp³-hybridized carbons (Fsp3) is 0.136. The molecule has 3 aromatic rings. The molecule has 166 valence electrons. The van der Waals surface area contributed by atoms with Crippen LogP contribution in [0.2, 0.25) is 0 Å². The van der Waals surface area contributed by atoms with Gasteiger partial charge in [-0.1, -0.05) is 24.3 Å². The highest BCUT2D eigenvalue weighted by Gasteiger charge is 2.23. The van der Waals surface area contributed by atoms with Crippen LogP contribution in [0.3, 0.4) is 0 Å². The number of carbonyl (C=O) groups is 1. The van der Waals surface area contributed by atoms with E-state index in [1.807, 2.05) is 0 Å². The van der Waals surface area contributed by atoms with E-state index in [1.54, 1.807) is 13.0 Å². The molecule has 3 aromatic carbocycles. The standard InChI is InChI=1S/C22H19FN2O6S/c1-14-12-17(23)10-11-21(14)32(29,30)24-20-9-4-3-8-19(20)22(26)31-15(2)16-6-5-7-18(13-16)25(27)28/h3-13,15,24H,1-2H3. The number of sulfonamides is 1. The van der Waals surface area contributed by atoms with Crippen molar-refractivity contribution < 1.29 is 27.3 Å². The monoisotopic (exact) mass is 458 g/mol. The molecule has 0 aromatic heterocycles. The lowest BCUT2D eigenvalue weighted by Gasteiger charge is -2.16. The molecule has 0 bridgehead atoms. The fourth-order valence-corrected chi connectivity index (χ4v) is 4.35. The molecule has 8 nitrogen and oxygen atoms in total. The van der Waals surface area contributed by atoms with Gasteiger partial charge in [-0.2, -0.15) is 0 Å². The lowest BCUT2D eigenvalue weighted by atomic mass is 10.1. The number of nitrogens with zero attached hydrogens (tertiary/aromatic N) is 1. The van der Waals surface area contributed by atoms with Gasteiger partial charge < -0.3 is 4.74 Å². The maximum absolute atomic E-state index is 13.3. The van der Waals surface area contributed by atoms with Gasteiger partial charge in [0.1, 0.15) is 11.9 Å². The number of benzene rings is 3. The summed E-state index contributed by atoms with van der Waals surface area (Å²) in [7, 11) is -4.11. The summed E-state index contributed by atoms with van der Waals surface area (Å²) in [5, 5.41) is 11.0. The largest absolute Gasteiger partial charge is 0.454 e. The van der Waals surface area contributed by atoms with Crippen molar-refractivity contribution in [3.8, 4) is 0 Å². The second-order valence-corrected chi connectivity index (χ2v) is 8.61. The number of para-hydroxylation sites is 1. The molecule has 0 amide bonds. The molecule has 0 saturated heterocycles. The molecule has 0 saturated carbocycles. The molecular formula is C22H19FN2O6S. The first-order chi connectivity index (χ1) is 15.1. The number of aryl methyl sites for hydroxylation is 1. The van der Waals surface area contributed by atoms with Gasteiger partial charge in [0, 0.05) is 12.1 Å². The predicted octanol–water partition coefficient (Wildman–Crippen LogP) is 4.76. The highest BCUT2D eigenvalue weighted by Crippen LogP contribution is 2.26. The van der Waals surface area contributed by atoms with E-state index in [1.165, 1.54) is 49.4 Å². The van der Waals surface area contributed by atoms with Gasteiger partial charge >= 0.3 is 5.97 Å². The molecule has 3 rings (SSSR count). The lowest BCUT2D eigenvalue weighted by Crippen LogP contribution is -2.18. The van der Waals surface area contributed by atoms with Crippen molar-refractivity contribution in [2.24, 2.45) is 0 Å². The van der Waals surface area contributed by atoms with E-state index >= 15 is 0 Å². The number of halogens is 1. The van der Waals surface area contributed by atoms with Crippen LogP contribution in [-0.4, -0.2) is 19.3 Å². The molecular weight excluding hydrogens is 439 g/mol. The van der Waals surface area contributed by atoms with Crippen LogP contribution in [0, 0.1) is 22.9 Å². The normalized spacial score (nSPS) is 12.1. The highest BCUT2D eigenvalue weighted by atomic mass is 32.2. The number of carbonyl (C=O) groups excluding carboxylic acids is 1. The summed E-state index contributed by atoms with van der Waals surface area (Å²) in [5.74, 6) is -1.39. The Morgan fingerprint density at radius 3 is 2.50 bits per heavy atom. The summed E-state index contributed by atoms with van der Waals surface area (Å²) < 4.78 is 46.7. The van der Waals surface area contributed by atoms with Crippen molar-refractivity contribution in [1.82, 2.24) is 0 Å². The van der Waals surface area contributed by atoms with Crippen molar-refractivity contribution in [2.75, 3.05) is 4.72 Å². The number of nitro benzene ring substituents is 1. The van der Waals surface area contributed by atoms with Crippen molar-refractivity contribution in [3.05, 3.63) is 99.4 Å². The summed E-state index contributed by atoms with van der Waals surface area (Å²) in [6.07, 6.45) is -0.827. The topological polar surface area (TPSA) is 116 Å². The minimum absolute atomic E-state index is 0.0209. The van der Waals surface area contributed by atoms with Crippen LogP contribution in [0.25, 0.3) is 0 Å². The number of nitrogens with one attached hydrogen (secondary N) is 1. The van der Waals surface area contributed by atoms with Crippen LogP contribution < -0.4 is 4.72 Å². The second kappa shape index (κ2) is 9.15. The van der Waals surface area contributed by atoms with E-state index in [9.17, 15) is 27.7 Å². The maximum Gasteiger partial charge on any atom is 0.340 e. The lowest BCUT2D eigenvalue weighted by molar-refractivity contribution is -0.385. The molecule has 1 N–H and O–H groups in total. The first kappa shape index (κ1) is 22.9. The Morgan fingerprint density at radius 2 is 1.81 bits per heavy atom. The first-order valence-electron chi connectivity index (χ1n) is 9.42. The number of hydrogen-bond acceptors (Lipinski definition) is 6. The Hall–Kier alpha value is -3.79. The van der Waals surface area contributed by atoms with Gasteiger partial charge in [-0.05, 0) is 55.3 Å². The second-order valence-electron chi connectivity index (χ2n) is 6.96. The summed E-state index contributed by atoms with van der Waals surface area (Å²) in [4.78, 5) is 23.0. The van der Waals surface area contributed by atoms with Crippen LogP contribution in [-0.2, 0) is 14.8 Å². The molecule has 32 heavy (non-hydrogen) atoms. The summed E-state index contributed by atoms with van der Waals surface area (Å²) in [6, 6.07) is 14.8. The van der Waals surface area contributed by atoms with Gasteiger partial charge in [0.25, 0.3) is 15.7 Å². The smallest absolute Gasteiger partial charge is 0.340 e. The van der Waals surface area contributed by atoms with E-state index in [4.69, 9.17) is 4.74 Å². The van der Waals surface area contributed by atoms with Crippen LogP contribution in [0.4, 0.5) is 15.8 Å². The molecule has 0 heterocycles. The van der Waals surface area contributed by atoms with Gasteiger partial charge in [-0.15, -0.1) is 0 Å². The molecule has 10 heteroatoms. The molecule has 0 aliphatic heterocycles. The van der Waals surface area contributed by atoms with Crippen molar-refractivity contribution >= 4 is 27.4 Å². The zero-order valence-electron chi connectivity index (χ0n) is 17.1. The van der Waals surface area contributed by atoms with Crippen molar-refractivity contribution in [2.45, 2.75) is 24.8 Å². The number of non-ortho nitro benzene ring substituents is 1. The Labute approximate surface area is 183 Å². The third-order valence-corrected chi connectivity index (χ3v) is 6.18. The Bertz CT molecular complexity index is 1290. The van der Waals surface area contributed by atoms with Gasteiger partial charge in [0.05, 0.1) is 21.1 Å². The van der Waals surface area contributed by atoms with Crippen LogP contribution in [0.5, 0.6) is 0 Å². The zero-order valence-corrected chi connectivity index (χ0v) is 17.9. The first-order valence-corrected chi connectivity index (χ1v) is 10.9. The number of nitro groups is 1. The number of anilines is 1. The molecule has 1 atom stereocenters. The zero-order chi connectivity index (χ0) is 23.5. The van der Waals surface area contributed by atoms with E-state index in [-0.39, 0.29) is 27.4 Å². The van der Waals surface area contributed by atoms with Gasteiger partial charge in [-0.3, -0.25) is 14.8 Å². The quantitative estimate of drug-likeness (QED) is 0.310. The third-order valence-electron chi connectivity index (χ3n) is 4.65. The van der Waals surface area contributed by atoms with Crippen LogP contribution in [0.1, 0.15) is 34.5 Å². The maximum atomic E-state index is 13.3. The van der Waals surface area contributed by atoms with Gasteiger partial charge in [-0.25, -0.2) is 17.6 Å². The minimum Gasteiger partial charge on any atom is -0.454 e. The Balaban J connectivity index is 1.85. The Morgan fingerprint density at radius 1 is 1.09 bits per heavy atom. The Kier molecular flexibility index (Phi) is 6.54. The van der Waals surface area contributed by atoms with Gasteiger partial charge in [0.2, 0.25) is 0 Å². The van der Waals surface area contributed by atoms with Crippen LogP contribution in [0.15, 0.2) is 71.6 Å². The highest BCUT2D eigenvalue weighted by molar-refractivity contribution is 7.92. The fourth-order valence-electron chi connectivity index (χ4n) is 3.05. The number of hydrogen-bond donors (Lipinski definition) is 1. The van der Waals surface area contributed by atoms with Gasteiger partial charge in [0.15, 0.2) is 0 Å². The van der Waals surface area contributed by atoms with Crippen LogP contribution >= 0.6 is 0 Å². The van der Waals surface area contributed by atoms with E-state index < -0.39 is 32.8 Å². The van der Waals surface area contributed by atoms with Crippen molar-refractivity contribution in [3.63, 3.8) is 0 Å². The van der Waals surface area contributed by atoms with E-state index in [0.29, 0.717) is 5.56 Å². The third kappa shape index (κ3) is 5.09. The SMILES string of the molecule is Cc1cc(F)ccc1S(=O)(=O)Nc1ccccc1C(=O)OC(C)c1cccc([N+](=O)[O-])c1. The van der Waals surface area contributed by atoms with Crippen molar-refractivity contribution in [1.29, 1.82) is 0 Å². The minimum atomic E-state index is -4.11. The number of ether oxygens (including phenoxy) is 1. The predicted molar refractivity (Wildman–Crippen MR) is 115 cm³/mol. The van der Waals surface area contributed by atoms with E-state index in [2.05, 4.69) is 4.72 Å². The number of esters is 1. The number of rotatable bonds is 7. The molecule has 0 fully saturated rings. The molecule has 0 aliphatic carbocycles. The molecule has 0 aliphatic rings. The molecule has 1 unspecified atom stereocenters. The summed E-state index contributed by atoms with van der Waals surface area (Å²) in [5.41, 5.74) is 0.401. The molecule has 0 spiro atoms. The average molecular weight is 458 g/mol. The summed E-state index contributed by atoms with van der Waals surface area (Å²) >= 11 is 0. The van der Waals surface area contributed by atoms with E-state index in [0.717, 1.165) is 18.2 Å².